The second-order valence-corrected chi connectivity index (χ2v) is 3.11. The number of allylic oxidation sites excluding steroid dienone is 2. The summed E-state index contributed by atoms with van der Waals surface area (Å²) in [5.41, 5.74) is 0.972. The van der Waals surface area contributed by atoms with Gasteiger partial charge in [0.15, 0.2) is 0 Å². The Morgan fingerprint density at radius 1 is 1.38 bits per heavy atom. The van der Waals surface area contributed by atoms with Crippen molar-refractivity contribution in [3.63, 3.8) is 0 Å². The molecule has 1 aromatic rings. The number of alkyl carbamates (subject to hydrolysis) is 1. The molecule has 0 fully saturated rings. The van der Waals surface area contributed by atoms with Crippen molar-refractivity contribution in [1.29, 1.82) is 0 Å². The molecule has 0 radical (unpaired) electrons. The predicted octanol–water partition coefficient (Wildman–Crippen LogP) is 2.66. The van der Waals surface area contributed by atoms with Crippen LogP contribution in [0.2, 0.25) is 0 Å². The molecule has 0 aliphatic heterocycles. The van der Waals surface area contributed by atoms with Crippen LogP contribution in [0.1, 0.15) is 5.56 Å². The van der Waals surface area contributed by atoms with Crippen molar-refractivity contribution in [1.82, 2.24) is 5.32 Å². The fraction of sp³-hybridized carbons (Fsp3) is 0.154. The Hall–Kier alpha value is -2.03. The summed E-state index contributed by atoms with van der Waals surface area (Å²) in [6.45, 7) is 4.26. The second-order valence-electron chi connectivity index (χ2n) is 3.11. The van der Waals surface area contributed by atoms with Crippen molar-refractivity contribution < 1.29 is 9.53 Å². The molecule has 1 rings (SSSR count). The van der Waals surface area contributed by atoms with Crippen LogP contribution in [-0.4, -0.2) is 12.6 Å². The van der Waals surface area contributed by atoms with Gasteiger partial charge in [0.25, 0.3) is 0 Å². The summed E-state index contributed by atoms with van der Waals surface area (Å²) in [5.74, 6) is 0. The molecule has 0 atom stereocenters. The third-order valence-electron chi connectivity index (χ3n) is 1.85. The van der Waals surface area contributed by atoms with E-state index in [1.165, 1.54) is 0 Å². The molecule has 0 aliphatic carbocycles. The number of hydrogen-bond donors (Lipinski definition) is 1. The number of amides is 1. The summed E-state index contributed by atoms with van der Waals surface area (Å²) < 4.78 is 5.00. The van der Waals surface area contributed by atoms with E-state index >= 15 is 0 Å². The van der Waals surface area contributed by atoms with Crippen molar-refractivity contribution in [2.24, 2.45) is 0 Å². The highest BCUT2D eigenvalue weighted by molar-refractivity contribution is 5.67. The van der Waals surface area contributed by atoms with E-state index in [4.69, 9.17) is 4.74 Å². The first-order valence-electron chi connectivity index (χ1n) is 5.05. The summed E-state index contributed by atoms with van der Waals surface area (Å²) in [5, 5.41) is 2.59. The minimum atomic E-state index is -0.419. The highest BCUT2D eigenvalue weighted by atomic mass is 16.5. The third-order valence-corrected chi connectivity index (χ3v) is 1.85. The zero-order valence-electron chi connectivity index (χ0n) is 9.06. The molecule has 0 saturated carbocycles. The highest BCUT2D eigenvalue weighted by Crippen LogP contribution is 2.00. The van der Waals surface area contributed by atoms with Crippen molar-refractivity contribution in [3.8, 4) is 0 Å². The number of hydrogen-bond acceptors (Lipinski definition) is 2. The minimum absolute atomic E-state index is 0.290. The fourth-order valence-corrected chi connectivity index (χ4v) is 1.08. The van der Waals surface area contributed by atoms with Crippen LogP contribution in [0.15, 0.2) is 55.1 Å². The lowest BCUT2D eigenvalue weighted by Gasteiger charge is -2.04. The molecule has 0 saturated heterocycles. The Bertz CT molecular complexity index is 357. The fourth-order valence-electron chi connectivity index (χ4n) is 1.08. The van der Waals surface area contributed by atoms with Crippen LogP contribution in [-0.2, 0) is 11.3 Å². The molecule has 0 unspecified atom stereocenters. The van der Waals surface area contributed by atoms with Crippen molar-refractivity contribution in [2.75, 3.05) is 6.54 Å². The van der Waals surface area contributed by atoms with Gasteiger partial charge in [-0.05, 0) is 5.56 Å². The normalized spacial score (nSPS) is 10.0. The van der Waals surface area contributed by atoms with Crippen molar-refractivity contribution in [3.05, 3.63) is 60.7 Å². The molecule has 0 aliphatic rings. The minimum Gasteiger partial charge on any atom is -0.445 e. The Balaban J connectivity index is 2.20. The SMILES string of the molecule is C=C/C=C/CNC(=O)OCc1ccccc1. The van der Waals surface area contributed by atoms with Gasteiger partial charge < -0.3 is 10.1 Å². The number of carbonyl (C=O) groups excluding carboxylic acids is 1. The maximum atomic E-state index is 11.2. The van der Waals surface area contributed by atoms with Crippen LogP contribution >= 0.6 is 0 Å². The maximum Gasteiger partial charge on any atom is 0.407 e. The molecule has 16 heavy (non-hydrogen) atoms. The smallest absolute Gasteiger partial charge is 0.407 e. The first-order valence-corrected chi connectivity index (χ1v) is 5.05. The van der Waals surface area contributed by atoms with Gasteiger partial charge in [-0.2, -0.15) is 0 Å². The Labute approximate surface area is 95.4 Å². The van der Waals surface area contributed by atoms with E-state index in [1.807, 2.05) is 30.3 Å². The van der Waals surface area contributed by atoms with Gasteiger partial charge in [-0.15, -0.1) is 0 Å². The van der Waals surface area contributed by atoms with Gasteiger partial charge in [0.2, 0.25) is 0 Å². The van der Waals surface area contributed by atoms with Gasteiger partial charge in [0.05, 0.1) is 0 Å². The lowest BCUT2D eigenvalue weighted by atomic mass is 10.2. The predicted molar refractivity (Wildman–Crippen MR) is 64.0 cm³/mol. The Morgan fingerprint density at radius 2 is 2.12 bits per heavy atom. The molecule has 1 aromatic carbocycles. The van der Waals surface area contributed by atoms with Crippen LogP contribution in [0, 0.1) is 0 Å². The van der Waals surface area contributed by atoms with Crippen molar-refractivity contribution in [2.45, 2.75) is 6.61 Å². The largest absolute Gasteiger partial charge is 0.445 e. The molecule has 3 heteroatoms. The lowest BCUT2D eigenvalue weighted by Crippen LogP contribution is -2.24. The number of ether oxygens (including phenoxy) is 1. The van der Waals surface area contributed by atoms with Gasteiger partial charge >= 0.3 is 6.09 Å². The summed E-state index contributed by atoms with van der Waals surface area (Å²) >= 11 is 0. The molecule has 1 amide bonds. The summed E-state index contributed by atoms with van der Waals surface area (Å²) in [7, 11) is 0. The lowest BCUT2D eigenvalue weighted by molar-refractivity contribution is 0.141. The van der Waals surface area contributed by atoms with Crippen LogP contribution in [0.25, 0.3) is 0 Å². The summed E-state index contributed by atoms with van der Waals surface area (Å²) in [6.07, 6.45) is 4.78. The molecular weight excluding hydrogens is 202 g/mol. The third kappa shape index (κ3) is 5.00. The van der Waals surface area contributed by atoms with Gasteiger partial charge in [-0.25, -0.2) is 4.79 Å². The number of rotatable bonds is 5. The molecule has 84 valence electrons. The molecule has 0 aromatic heterocycles. The van der Waals surface area contributed by atoms with Crippen LogP contribution in [0.5, 0.6) is 0 Å². The van der Waals surface area contributed by atoms with E-state index in [1.54, 1.807) is 18.2 Å². The van der Waals surface area contributed by atoms with Crippen LogP contribution < -0.4 is 5.32 Å². The summed E-state index contributed by atoms with van der Waals surface area (Å²) in [6, 6.07) is 9.55. The van der Waals surface area contributed by atoms with Gasteiger partial charge in [0, 0.05) is 6.54 Å². The Kier molecular flexibility index (Phi) is 5.48. The average Bonchev–Trinajstić information content (AvgIpc) is 2.33. The van der Waals surface area contributed by atoms with E-state index in [0.29, 0.717) is 6.54 Å². The number of carbonyl (C=O) groups is 1. The van der Waals surface area contributed by atoms with E-state index in [0.717, 1.165) is 5.56 Å². The van der Waals surface area contributed by atoms with Crippen LogP contribution in [0.3, 0.4) is 0 Å². The number of benzene rings is 1. The standard InChI is InChI=1S/C13H15NO2/c1-2-3-7-10-14-13(15)16-11-12-8-5-4-6-9-12/h2-9H,1,10-11H2,(H,14,15)/b7-3+. The average molecular weight is 217 g/mol. The first kappa shape index (κ1) is 12.0. The second kappa shape index (κ2) is 7.29. The van der Waals surface area contributed by atoms with Gasteiger partial charge in [-0.1, -0.05) is 55.1 Å². The molecule has 1 N–H and O–H groups in total. The molecule has 3 nitrogen and oxygen atoms in total. The summed E-state index contributed by atoms with van der Waals surface area (Å²) in [4.78, 5) is 11.2. The van der Waals surface area contributed by atoms with E-state index in [9.17, 15) is 4.79 Å². The monoisotopic (exact) mass is 217 g/mol. The topological polar surface area (TPSA) is 38.3 Å². The van der Waals surface area contributed by atoms with Crippen LogP contribution in [0.4, 0.5) is 4.79 Å². The van der Waals surface area contributed by atoms with E-state index < -0.39 is 6.09 Å². The number of nitrogens with one attached hydrogen (secondary N) is 1. The van der Waals surface area contributed by atoms with Crippen molar-refractivity contribution >= 4 is 6.09 Å². The molecular formula is C13H15NO2. The zero-order chi connectivity index (χ0) is 11.6. The molecule has 0 spiro atoms. The van der Waals surface area contributed by atoms with Gasteiger partial charge in [-0.3, -0.25) is 0 Å². The molecule has 0 heterocycles. The van der Waals surface area contributed by atoms with E-state index in [-0.39, 0.29) is 6.61 Å². The quantitative estimate of drug-likeness (QED) is 0.770. The van der Waals surface area contributed by atoms with E-state index in [2.05, 4.69) is 11.9 Å². The zero-order valence-corrected chi connectivity index (χ0v) is 9.06. The Morgan fingerprint density at radius 3 is 2.81 bits per heavy atom. The first-order chi connectivity index (χ1) is 7.83. The molecule has 0 bridgehead atoms. The highest BCUT2D eigenvalue weighted by Gasteiger charge is 1.99. The van der Waals surface area contributed by atoms with Gasteiger partial charge in [0.1, 0.15) is 6.61 Å². The maximum absolute atomic E-state index is 11.2.